The molecule has 0 saturated carbocycles. The van der Waals surface area contributed by atoms with Crippen LogP contribution in [-0.2, 0) is 6.42 Å². The summed E-state index contributed by atoms with van der Waals surface area (Å²) in [6.45, 7) is 12.7. The molecule has 0 fully saturated rings. The average Bonchev–Trinajstić information content (AvgIpc) is 2.54. The predicted molar refractivity (Wildman–Crippen MR) is 106 cm³/mol. The molecule has 0 aliphatic rings. The molecule has 1 unspecified atom stereocenters. The first-order valence-corrected chi connectivity index (χ1v) is 9.03. The molecule has 142 valence electrons. The molecule has 0 radical (unpaired) electrons. The van der Waals surface area contributed by atoms with Crippen LogP contribution in [0, 0.1) is 27.7 Å². The molecule has 4 nitrogen and oxygen atoms in total. The number of aryl methyl sites for hydroxylation is 3. The van der Waals surface area contributed by atoms with Gasteiger partial charge in [-0.25, -0.2) is 0 Å². The summed E-state index contributed by atoms with van der Waals surface area (Å²) in [5.41, 5.74) is 6.11. The number of nitrogens with one attached hydrogen (secondary N) is 1. The summed E-state index contributed by atoms with van der Waals surface area (Å²) in [7, 11) is 0. The molecule has 0 spiro atoms. The summed E-state index contributed by atoms with van der Waals surface area (Å²) in [4.78, 5) is 0. The fraction of sp³-hybridized carbons (Fsp3) is 0.455. The van der Waals surface area contributed by atoms with Gasteiger partial charge < -0.3 is 20.6 Å². The summed E-state index contributed by atoms with van der Waals surface area (Å²) in [6, 6.07) is 7.47. The zero-order valence-corrected chi connectivity index (χ0v) is 16.6. The number of rotatable bonds is 6. The number of benzene rings is 2. The lowest BCUT2D eigenvalue weighted by Gasteiger charge is -2.30. The molecule has 2 aromatic carbocycles. The van der Waals surface area contributed by atoms with Crippen LogP contribution < -0.4 is 5.32 Å². The van der Waals surface area contributed by atoms with Gasteiger partial charge in [-0.15, -0.1) is 0 Å². The lowest BCUT2D eigenvalue weighted by molar-refractivity contribution is 0.159. The molecule has 4 N–H and O–H groups in total. The molecule has 4 heteroatoms. The van der Waals surface area contributed by atoms with Crippen molar-refractivity contribution in [1.29, 1.82) is 0 Å². The minimum absolute atomic E-state index is 0.169. The van der Waals surface area contributed by atoms with Crippen molar-refractivity contribution in [3.63, 3.8) is 0 Å². The zero-order valence-electron chi connectivity index (χ0n) is 16.6. The fourth-order valence-electron chi connectivity index (χ4n) is 3.54. The van der Waals surface area contributed by atoms with E-state index in [1.165, 1.54) is 28.3 Å². The SMILES string of the molecule is Cc1cc(C)c(CC(C)(C)NCC(O)c2ccc(O)c(O)c2C)c(C)c1. The van der Waals surface area contributed by atoms with Crippen molar-refractivity contribution in [1.82, 2.24) is 5.32 Å². The Morgan fingerprint density at radius 1 is 1.00 bits per heavy atom. The van der Waals surface area contributed by atoms with Crippen molar-refractivity contribution >= 4 is 0 Å². The van der Waals surface area contributed by atoms with Crippen LogP contribution in [0.4, 0.5) is 0 Å². The normalized spacial score (nSPS) is 13.0. The lowest BCUT2D eigenvalue weighted by atomic mass is 9.88. The Labute approximate surface area is 156 Å². The third-order valence-electron chi connectivity index (χ3n) is 5.04. The quantitative estimate of drug-likeness (QED) is 0.590. The topological polar surface area (TPSA) is 72.7 Å². The molecule has 0 saturated heterocycles. The molecule has 0 amide bonds. The summed E-state index contributed by atoms with van der Waals surface area (Å²) >= 11 is 0. The van der Waals surface area contributed by atoms with Crippen molar-refractivity contribution in [3.05, 3.63) is 57.6 Å². The van der Waals surface area contributed by atoms with Gasteiger partial charge in [-0.2, -0.15) is 0 Å². The number of hydrogen-bond donors (Lipinski definition) is 4. The van der Waals surface area contributed by atoms with Crippen LogP contribution in [0.2, 0.25) is 0 Å². The van der Waals surface area contributed by atoms with Crippen LogP contribution in [-0.4, -0.2) is 27.4 Å². The predicted octanol–water partition coefficient (Wildman–Crippen LogP) is 3.98. The van der Waals surface area contributed by atoms with Crippen molar-refractivity contribution in [2.45, 2.75) is 59.6 Å². The standard InChI is InChI=1S/C22H31NO3/c1-13-9-14(2)18(15(3)10-13)11-22(5,6)23-12-20(25)17-7-8-19(24)21(26)16(17)4/h7-10,20,23-26H,11-12H2,1-6H3. The Morgan fingerprint density at radius 2 is 1.58 bits per heavy atom. The zero-order chi connectivity index (χ0) is 19.6. The van der Waals surface area contributed by atoms with E-state index in [1.54, 1.807) is 13.0 Å². The number of β-amino-alcohol motifs (C(OH)–C–C–N with tert-alkyl or cyclic N) is 1. The molecule has 2 aromatic rings. The Balaban J connectivity index is 2.10. The van der Waals surface area contributed by atoms with Crippen molar-refractivity contribution < 1.29 is 15.3 Å². The summed E-state index contributed by atoms with van der Waals surface area (Å²) in [5, 5.41) is 33.4. The van der Waals surface area contributed by atoms with Gasteiger partial charge >= 0.3 is 0 Å². The second-order valence-electron chi connectivity index (χ2n) is 7.98. The highest BCUT2D eigenvalue weighted by atomic mass is 16.3. The second-order valence-corrected chi connectivity index (χ2v) is 7.98. The van der Waals surface area contributed by atoms with Gasteiger partial charge in [0.15, 0.2) is 11.5 Å². The molecule has 0 heterocycles. The summed E-state index contributed by atoms with van der Waals surface area (Å²) in [5.74, 6) is -0.344. The van der Waals surface area contributed by atoms with Gasteiger partial charge in [0, 0.05) is 17.6 Å². The highest BCUT2D eigenvalue weighted by Crippen LogP contribution is 2.33. The van der Waals surface area contributed by atoms with Gasteiger partial charge in [0.05, 0.1) is 6.10 Å². The van der Waals surface area contributed by atoms with Gasteiger partial charge in [0.2, 0.25) is 0 Å². The minimum Gasteiger partial charge on any atom is -0.504 e. The van der Waals surface area contributed by atoms with Gasteiger partial charge in [-0.1, -0.05) is 23.8 Å². The Kier molecular flexibility index (Phi) is 5.99. The Hall–Kier alpha value is -2.04. The van der Waals surface area contributed by atoms with Crippen molar-refractivity contribution in [2.75, 3.05) is 6.54 Å². The van der Waals surface area contributed by atoms with Gasteiger partial charge in [-0.05, 0) is 76.3 Å². The largest absolute Gasteiger partial charge is 0.504 e. The summed E-state index contributed by atoms with van der Waals surface area (Å²) < 4.78 is 0. The summed E-state index contributed by atoms with van der Waals surface area (Å²) in [6.07, 6.45) is 0.0956. The molecule has 0 aliphatic heterocycles. The third kappa shape index (κ3) is 4.57. The molecular formula is C22H31NO3. The number of phenolic OH excluding ortho intramolecular Hbond substituents is 2. The van der Waals surface area contributed by atoms with E-state index in [9.17, 15) is 15.3 Å². The highest BCUT2D eigenvalue weighted by Gasteiger charge is 2.23. The molecule has 2 rings (SSSR count). The number of aromatic hydroxyl groups is 2. The first-order valence-electron chi connectivity index (χ1n) is 9.03. The van der Waals surface area contributed by atoms with Crippen LogP contribution in [0.5, 0.6) is 11.5 Å². The smallest absolute Gasteiger partial charge is 0.160 e. The Bertz CT molecular complexity index is 773. The molecule has 0 aliphatic carbocycles. The average molecular weight is 357 g/mol. The van der Waals surface area contributed by atoms with E-state index in [4.69, 9.17) is 0 Å². The van der Waals surface area contributed by atoms with E-state index in [-0.39, 0.29) is 17.0 Å². The maximum atomic E-state index is 10.5. The third-order valence-corrected chi connectivity index (χ3v) is 5.04. The van der Waals surface area contributed by atoms with E-state index >= 15 is 0 Å². The fourth-order valence-corrected chi connectivity index (χ4v) is 3.54. The minimum atomic E-state index is -0.763. The van der Waals surface area contributed by atoms with Crippen molar-refractivity contribution in [2.24, 2.45) is 0 Å². The lowest BCUT2D eigenvalue weighted by Crippen LogP contribution is -2.43. The maximum Gasteiger partial charge on any atom is 0.160 e. The van der Waals surface area contributed by atoms with Crippen LogP contribution in [0.1, 0.15) is 53.3 Å². The molecule has 0 bridgehead atoms. The maximum absolute atomic E-state index is 10.5. The number of phenols is 2. The number of aliphatic hydroxyl groups is 1. The number of aliphatic hydroxyl groups excluding tert-OH is 1. The Morgan fingerprint density at radius 3 is 2.15 bits per heavy atom. The van der Waals surface area contributed by atoms with Gasteiger partial charge in [0.25, 0.3) is 0 Å². The second kappa shape index (κ2) is 7.68. The van der Waals surface area contributed by atoms with Crippen LogP contribution in [0.3, 0.4) is 0 Å². The van der Waals surface area contributed by atoms with Gasteiger partial charge in [-0.3, -0.25) is 0 Å². The van der Waals surface area contributed by atoms with Crippen LogP contribution in [0.25, 0.3) is 0 Å². The number of hydrogen-bond acceptors (Lipinski definition) is 4. The van der Waals surface area contributed by atoms with Gasteiger partial charge in [0.1, 0.15) is 0 Å². The van der Waals surface area contributed by atoms with E-state index in [0.29, 0.717) is 17.7 Å². The molecule has 0 aromatic heterocycles. The first kappa shape index (κ1) is 20.3. The van der Waals surface area contributed by atoms with Crippen LogP contribution in [0.15, 0.2) is 24.3 Å². The first-order chi connectivity index (χ1) is 12.0. The van der Waals surface area contributed by atoms with E-state index in [2.05, 4.69) is 52.1 Å². The highest BCUT2D eigenvalue weighted by molar-refractivity contribution is 5.49. The van der Waals surface area contributed by atoms with Crippen LogP contribution >= 0.6 is 0 Å². The van der Waals surface area contributed by atoms with Crippen molar-refractivity contribution in [3.8, 4) is 11.5 Å². The van der Waals surface area contributed by atoms with E-state index in [1.807, 2.05) is 0 Å². The molecule has 26 heavy (non-hydrogen) atoms. The van der Waals surface area contributed by atoms with E-state index < -0.39 is 6.10 Å². The monoisotopic (exact) mass is 357 g/mol. The molecule has 1 atom stereocenters. The molecular weight excluding hydrogens is 326 g/mol. The van der Waals surface area contributed by atoms with E-state index in [0.717, 1.165) is 6.42 Å².